The molecule has 0 saturated heterocycles. The Morgan fingerprint density at radius 2 is 2.11 bits per heavy atom. The Morgan fingerprint density at radius 3 is 2.63 bits per heavy atom. The molecule has 1 heterocycles. The van der Waals surface area contributed by atoms with Crippen molar-refractivity contribution in [2.45, 2.75) is 26.3 Å². The molecule has 0 aromatic carbocycles. The lowest BCUT2D eigenvalue weighted by atomic mass is 10.3. The van der Waals surface area contributed by atoms with Crippen LogP contribution in [0.2, 0.25) is 0 Å². The molecule has 108 valence electrons. The van der Waals surface area contributed by atoms with E-state index >= 15 is 0 Å². The molecule has 19 heavy (non-hydrogen) atoms. The summed E-state index contributed by atoms with van der Waals surface area (Å²) in [5.74, 6) is 0.848. The zero-order valence-corrected chi connectivity index (χ0v) is 12.2. The molecule has 0 saturated carbocycles. The summed E-state index contributed by atoms with van der Waals surface area (Å²) in [5.41, 5.74) is 0. The van der Waals surface area contributed by atoms with Gasteiger partial charge in [-0.15, -0.1) is 0 Å². The van der Waals surface area contributed by atoms with Gasteiger partial charge >= 0.3 is 5.97 Å². The van der Waals surface area contributed by atoms with Crippen LogP contribution >= 0.6 is 0 Å². The van der Waals surface area contributed by atoms with Gasteiger partial charge < -0.3 is 9.15 Å². The van der Waals surface area contributed by atoms with Crippen LogP contribution < -0.4 is 0 Å². The van der Waals surface area contributed by atoms with E-state index in [2.05, 4.69) is 4.74 Å². The lowest BCUT2D eigenvalue weighted by Crippen LogP contribution is -2.29. The smallest absolute Gasteiger partial charge is 0.305 e. The van der Waals surface area contributed by atoms with Crippen molar-refractivity contribution in [3.05, 3.63) is 23.7 Å². The SMILES string of the molecule is COC(=O)CCCS(=O)(=O)N(C)Cc1ccc(C)o1. The Labute approximate surface area is 113 Å². The molecule has 1 aromatic heterocycles. The highest BCUT2D eigenvalue weighted by atomic mass is 32.2. The average Bonchev–Trinajstić information content (AvgIpc) is 2.74. The molecule has 0 radical (unpaired) electrons. The zero-order chi connectivity index (χ0) is 14.5. The van der Waals surface area contributed by atoms with Gasteiger partial charge in [0, 0.05) is 13.5 Å². The number of sulfonamides is 1. The number of rotatable bonds is 7. The van der Waals surface area contributed by atoms with E-state index in [9.17, 15) is 13.2 Å². The lowest BCUT2D eigenvalue weighted by Gasteiger charge is -2.15. The highest BCUT2D eigenvalue weighted by molar-refractivity contribution is 7.89. The van der Waals surface area contributed by atoms with Crippen LogP contribution in [0.25, 0.3) is 0 Å². The maximum Gasteiger partial charge on any atom is 0.305 e. The fourth-order valence-corrected chi connectivity index (χ4v) is 2.69. The molecule has 1 aromatic rings. The van der Waals surface area contributed by atoms with Crippen LogP contribution in [0.5, 0.6) is 0 Å². The van der Waals surface area contributed by atoms with E-state index in [1.807, 2.05) is 0 Å². The van der Waals surface area contributed by atoms with E-state index in [1.165, 1.54) is 18.5 Å². The molecule has 0 aliphatic heterocycles. The molecule has 7 heteroatoms. The van der Waals surface area contributed by atoms with Crippen molar-refractivity contribution in [1.82, 2.24) is 4.31 Å². The van der Waals surface area contributed by atoms with Crippen LogP contribution in [0.1, 0.15) is 24.4 Å². The van der Waals surface area contributed by atoms with Gasteiger partial charge in [0.1, 0.15) is 11.5 Å². The Balaban J connectivity index is 2.49. The third-order valence-electron chi connectivity index (χ3n) is 2.66. The topological polar surface area (TPSA) is 76.8 Å². The van der Waals surface area contributed by atoms with Gasteiger partial charge in [0.15, 0.2) is 0 Å². The van der Waals surface area contributed by atoms with E-state index in [-0.39, 0.29) is 25.1 Å². The van der Waals surface area contributed by atoms with E-state index in [0.29, 0.717) is 5.76 Å². The number of furan rings is 1. The summed E-state index contributed by atoms with van der Waals surface area (Å²) < 4.78 is 34.9. The van der Waals surface area contributed by atoms with Crippen molar-refractivity contribution in [1.29, 1.82) is 0 Å². The largest absolute Gasteiger partial charge is 0.469 e. The molecule has 0 bridgehead atoms. The number of esters is 1. The van der Waals surface area contributed by atoms with Gasteiger partial charge in [-0.3, -0.25) is 4.79 Å². The number of carbonyl (C=O) groups excluding carboxylic acids is 1. The van der Waals surface area contributed by atoms with Crippen molar-refractivity contribution < 1.29 is 22.4 Å². The first-order chi connectivity index (χ1) is 8.85. The zero-order valence-electron chi connectivity index (χ0n) is 11.4. The minimum absolute atomic E-state index is 0.0850. The molecule has 0 aliphatic rings. The predicted octanol–water partition coefficient (Wildman–Crippen LogP) is 1.30. The van der Waals surface area contributed by atoms with Crippen LogP contribution in [-0.2, 0) is 26.1 Å². The van der Waals surface area contributed by atoms with Crippen LogP contribution in [0.4, 0.5) is 0 Å². The van der Waals surface area contributed by atoms with Crippen LogP contribution in [0.3, 0.4) is 0 Å². The molecule has 0 aliphatic carbocycles. The normalized spacial score (nSPS) is 11.8. The number of carbonyl (C=O) groups is 1. The first kappa shape index (κ1) is 15.7. The number of aryl methyl sites for hydroxylation is 1. The Morgan fingerprint density at radius 1 is 1.42 bits per heavy atom. The highest BCUT2D eigenvalue weighted by Gasteiger charge is 2.19. The van der Waals surface area contributed by atoms with Gasteiger partial charge in [-0.2, -0.15) is 4.31 Å². The van der Waals surface area contributed by atoms with Crippen molar-refractivity contribution in [3.8, 4) is 0 Å². The Bertz CT molecular complexity index is 520. The standard InChI is InChI=1S/C12H19NO5S/c1-10-6-7-11(18-10)9-13(2)19(15,16)8-4-5-12(14)17-3/h6-7H,4-5,8-9H2,1-3H3. The van der Waals surface area contributed by atoms with Gasteiger partial charge in [0.2, 0.25) is 10.0 Å². The minimum atomic E-state index is -3.39. The highest BCUT2D eigenvalue weighted by Crippen LogP contribution is 2.12. The van der Waals surface area contributed by atoms with Gasteiger partial charge in [-0.1, -0.05) is 0 Å². The summed E-state index contributed by atoms with van der Waals surface area (Å²) in [6.07, 6.45) is 0.347. The molecule has 1 rings (SSSR count). The van der Waals surface area contributed by atoms with Crippen LogP contribution in [-0.4, -0.2) is 38.6 Å². The molecule has 0 spiro atoms. The minimum Gasteiger partial charge on any atom is -0.469 e. The first-order valence-electron chi connectivity index (χ1n) is 5.91. The molecule has 0 amide bonds. The van der Waals surface area contributed by atoms with E-state index < -0.39 is 16.0 Å². The second-order valence-corrected chi connectivity index (χ2v) is 6.46. The van der Waals surface area contributed by atoms with Gasteiger partial charge in [0.25, 0.3) is 0 Å². The average molecular weight is 289 g/mol. The summed E-state index contributed by atoms with van der Waals surface area (Å²) in [7, 11) is -0.616. The lowest BCUT2D eigenvalue weighted by molar-refractivity contribution is -0.140. The van der Waals surface area contributed by atoms with Crippen molar-refractivity contribution in [3.63, 3.8) is 0 Å². The summed E-state index contributed by atoms with van der Waals surface area (Å²) in [6, 6.07) is 3.53. The number of ether oxygens (including phenoxy) is 1. The fraction of sp³-hybridized carbons (Fsp3) is 0.583. The second kappa shape index (κ2) is 6.72. The maximum absolute atomic E-state index is 11.9. The molecule has 0 unspecified atom stereocenters. The molecular weight excluding hydrogens is 270 g/mol. The van der Waals surface area contributed by atoms with Gasteiger partial charge in [0.05, 0.1) is 19.4 Å². The van der Waals surface area contributed by atoms with Crippen molar-refractivity contribution in [2.75, 3.05) is 19.9 Å². The quantitative estimate of drug-likeness (QED) is 0.707. The molecule has 0 fully saturated rings. The van der Waals surface area contributed by atoms with Gasteiger partial charge in [-0.25, -0.2) is 8.42 Å². The Kier molecular flexibility index (Phi) is 5.56. The van der Waals surface area contributed by atoms with E-state index in [0.717, 1.165) is 5.76 Å². The summed E-state index contributed by atoms with van der Waals surface area (Å²) in [4.78, 5) is 10.9. The molecule has 0 N–H and O–H groups in total. The summed E-state index contributed by atoms with van der Waals surface area (Å²) in [5, 5.41) is 0. The van der Waals surface area contributed by atoms with E-state index in [1.54, 1.807) is 19.1 Å². The fourth-order valence-electron chi connectivity index (χ4n) is 1.54. The number of methoxy groups -OCH3 is 1. The van der Waals surface area contributed by atoms with E-state index in [4.69, 9.17) is 4.42 Å². The first-order valence-corrected chi connectivity index (χ1v) is 7.52. The van der Waals surface area contributed by atoms with Crippen LogP contribution in [0, 0.1) is 6.92 Å². The van der Waals surface area contributed by atoms with Crippen LogP contribution in [0.15, 0.2) is 16.5 Å². The molecule has 0 atom stereocenters. The Hall–Kier alpha value is -1.34. The number of hydrogen-bond acceptors (Lipinski definition) is 5. The number of nitrogens with zero attached hydrogens (tertiary/aromatic N) is 1. The third-order valence-corrected chi connectivity index (χ3v) is 4.54. The summed E-state index contributed by atoms with van der Waals surface area (Å²) >= 11 is 0. The maximum atomic E-state index is 11.9. The number of hydrogen-bond donors (Lipinski definition) is 0. The monoisotopic (exact) mass is 289 g/mol. The third kappa shape index (κ3) is 5.04. The van der Waals surface area contributed by atoms with Crippen molar-refractivity contribution in [2.24, 2.45) is 0 Å². The molecule has 6 nitrogen and oxygen atoms in total. The predicted molar refractivity (Wildman–Crippen MR) is 69.9 cm³/mol. The van der Waals surface area contributed by atoms with Crippen molar-refractivity contribution >= 4 is 16.0 Å². The summed E-state index contributed by atoms with van der Waals surface area (Å²) in [6.45, 7) is 1.99. The molecular formula is C12H19NO5S. The van der Waals surface area contributed by atoms with Gasteiger partial charge in [-0.05, 0) is 25.5 Å². The second-order valence-electron chi connectivity index (χ2n) is 4.26.